The molecule has 1 aromatic heterocycles. The van der Waals surface area contributed by atoms with Crippen LogP contribution in [0.1, 0.15) is 28.5 Å². The van der Waals surface area contributed by atoms with Gasteiger partial charge in [0.25, 0.3) is 5.91 Å². The van der Waals surface area contributed by atoms with Gasteiger partial charge in [0.1, 0.15) is 4.88 Å². The van der Waals surface area contributed by atoms with Gasteiger partial charge in [0.05, 0.1) is 17.1 Å². The van der Waals surface area contributed by atoms with E-state index < -0.39 is 11.9 Å². The van der Waals surface area contributed by atoms with E-state index in [0.717, 1.165) is 5.01 Å². The molecule has 6 heteroatoms. The van der Waals surface area contributed by atoms with Crippen LogP contribution in [-0.2, 0) is 4.79 Å². The lowest BCUT2D eigenvalue weighted by Crippen LogP contribution is -2.36. The Kier molecular flexibility index (Phi) is 4.62. The van der Waals surface area contributed by atoms with Gasteiger partial charge in [0.15, 0.2) is 0 Å². The minimum Gasteiger partial charge on any atom is -0.481 e. The third-order valence-corrected chi connectivity index (χ3v) is 3.32. The maximum Gasteiger partial charge on any atom is 0.308 e. The molecule has 1 atom stereocenters. The average molecular weight is 256 g/mol. The second-order valence-electron chi connectivity index (χ2n) is 3.83. The standard InChI is InChI=1S/C11H16N2O3S/c1-4-13(6-7(2)11(15)16)10(14)9-5-12-8(3)17-9/h5,7H,4,6H2,1-3H3,(H,15,16). The average Bonchev–Trinajstić information content (AvgIpc) is 2.71. The molecule has 94 valence electrons. The zero-order chi connectivity index (χ0) is 13.0. The third kappa shape index (κ3) is 3.52. The van der Waals surface area contributed by atoms with Crippen LogP contribution in [0.2, 0.25) is 0 Å². The number of thiazole rings is 1. The Labute approximate surface area is 104 Å². The first-order valence-corrected chi connectivity index (χ1v) is 6.21. The van der Waals surface area contributed by atoms with Crippen molar-refractivity contribution < 1.29 is 14.7 Å². The van der Waals surface area contributed by atoms with Crippen molar-refractivity contribution in [2.24, 2.45) is 5.92 Å². The number of nitrogens with zero attached hydrogens (tertiary/aromatic N) is 2. The number of rotatable bonds is 5. The van der Waals surface area contributed by atoms with E-state index >= 15 is 0 Å². The van der Waals surface area contributed by atoms with Crippen molar-refractivity contribution in [2.45, 2.75) is 20.8 Å². The Morgan fingerprint density at radius 3 is 2.65 bits per heavy atom. The number of carboxylic acids is 1. The molecular formula is C11H16N2O3S. The van der Waals surface area contributed by atoms with Crippen LogP contribution in [0, 0.1) is 12.8 Å². The molecule has 1 aromatic rings. The van der Waals surface area contributed by atoms with Crippen LogP contribution in [-0.4, -0.2) is 40.0 Å². The van der Waals surface area contributed by atoms with Crippen LogP contribution in [0.4, 0.5) is 0 Å². The van der Waals surface area contributed by atoms with Crippen molar-refractivity contribution in [1.82, 2.24) is 9.88 Å². The molecule has 0 fully saturated rings. The van der Waals surface area contributed by atoms with Crippen molar-refractivity contribution in [2.75, 3.05) is 13.1 Å². The first-order valence-electron chi connectivity index (χ1n) is 5.40. The molecule has 1 unspecified atom stereocenters. The molecule has 1 rings (SSSR count). The van der Waals surface area contributed by atoms with Crippen molar-refractivity contribution in [3.8, 4) is 0 Å². The molecule has 0 aliphatic heterocycles. The van der Waals surface area contributed by atoms with Crippen molar-refractivity contribution in [3.05, 3.63) is 16.1 Å². The van der Waals surface area contributed by atoms with Crippen LogP contribution >= 0.6 is 11.3 Å². The zero-order valence-electron chi connectivity index (χ0n) is 10.1. The number of carbonyl (C=O) groups excluding carboxylic acids is 1. The van der Waals surface area contributed by atoms with Gasteiger partial charge >= 0.3 is 5.97 Å². The van der Waals surface area contributed by atoms with E-state index in [-0.39, 0.29) is 12.5 Å². The number of aromatic nitrogens is 1. The highest BCUT2D eigenvalue weighted by Crippen LogP contribution is 2.15. The lowest BCUT2D eigenvalue weighted by atomic mass is 10.1. The number of carboxylic acid groups (broad SMARTS) is 1. The summed E-state index contributed by atoms with van der Waals surface area (Å²) in [6.07, 6.45) is 1.54. The molecule has 0 aromatic carbocycles. The predicted molar refractivity (Wildman–Crippen MR) is 65.2 cm³/mol. The summed E-state index contributed by atoms with van der Waals surface area (Å²) in [7, 11) is 0. The molecule has 0 saturated carbocycles. The second kappa shape index (κ2) is 5.77. The van der Waals surface area contributed by atoms with Gasteiger partial charge < -0.3 is 10.0 Å². The van der Waals surface area contributed by atoms with Crippen molar-refractivity contribution >= 4 is 23.2 Å². The Balaban J connectivity index is 2.74. The molecule has 1 N–H and O–H groups in total. The minimum atomic E-state index is -0.892. The summed E-state index contributed by atoms with van der Waals surface area (Å²) in [6, 6.07) is 0. The van der Waals surface area contributed by atoms with Crippen LogP contribution in [0.25, 0.3) is 0 Å². The van der Waals surface area contributed by atoms with Gasteiger partial charge in [-0.05, 0) is 13.8 Å². The van der Waals surface area contributed by atoms with Crippen LogP contribution in [0.5, 0.6) is 0 Å². The number of hydrogen-bond acceptors (Lipinski definition) is 4. The molecule has 0 radical (unpaired) electrons. The quantitative estimate of drug-likeness (QED) is 0.869. The van der Waals surface area contributed by atoms with Gasteiger partial charge in [-0.15, -0.1) is 11.3 Å². The van der Waals surface area contributed by atoms with Gasteiger partial charge in [-0.25, -0.2) is 4.98 Å². The Hall–Kier alpha value is -1.43. The van der Waals surface area contributed by atoms with Crippen molar-refractivity contribution in [1.29, 1.82) is 0 Å². The van der Waals surface area contributed by atoms with Gasteiger partial charge in [-0.2, -0.15) is 0 Å². The van der Waals surface area contributed by atoms with E-state index in [4.69, 9.17) is 5.11 Å². The Morgan fingerprint density at radius 2 is 2.24 bits per heavy atom. The number of hydrogen-bond donors (Lipinski definition) is 1. The van der Waals surface area contributed by atoms with Crippen LogP contribution < -0.4 is 0 Å². The fourth-order valence-corrected chi connectivity index (χ4v) is 2.13. The SMILES string of the molecule is CCN(CC(C)C(=O)O)C(=O)c1cnc(C)s1. The van der Waals surface area contributed by atoms with E-state index in [1.165, 1.54) is 22.4 Å². The fraction of sp³-hybridized carbons (Fsp3) is 0.545. The first kappa shape index (κ1) is 13.6. The Morgan fingerprint density at radius 1 is 1.59 bits per heavy atom. The summed E-state index contributed by atoms with van der Waals surface area (Å²) in [6.45, 7) is 5.98. The summed E-state index contributed by atoms with van der Waals surface area (Å²) >= 11 is 1.33. The number of aliphatic carboxylic acids is 1. The Bertz CT molecular complexity index is 417. The molecule has 0 bridgehead atoms. The highest BCUT2D eigenvalue weighted by atomic mass is 32.1. The molecular weight excluding hydrogens is 240 g/mol. The number of amides is 1. The number of carbonyl (C=O) groups is 2. The summed E-state index contributed by atoms with van der Waals surface area (Å²) < 4.78 is 0. The monoisotopic (exact) mass is 256 g/mol. The normalized spacial score (nSPS) is 12.2. The summed E-state index contributed by atoms with van der Waals surface area (Å²) in [5.41, 5.74) is 0. The lowest BCUT2D eigenvalue weighted by molar-refractivity contribution is -0.141. The van der Waals surface area contributed by atoms with Gasteiger partial charge in [0, 0.05) is 13.1 Å². The minimum absolute atomic E-state index is 0.147. The maximum absolute atomic E-state index is 12.1. The predicted octanol–water partition coefficient (Wildman–Crippen LogP) is 1.63. The second-order valence-corrected chi connectivity index (χ2v) is 5.06. The van der Waals surface area contributed by atoms with Gasteiger partial charge in [-0.3, -0.25) is 9.59 Å². The lowest BCUT2D eigenvalue weighted by Gasteiger charge is -2.21. The third-order valence-electron chi connectivity index (χ3n) is 2.42. The molecule has 0 saturated heterocycles. The molecule has 0 aliphatic rings. The summed E-state index contributed by atoms with van der Waals surface area (Å²) in [5.74, 6) is -1.60. The van der Waals surface area contributed by atoms with Gasteiger partial charge in [0.2, 0.25) is 0 Å². The highest BCUT2D eigenvalue weighted by molar-refractivity contribution is 7.13. The molecule has 5 nitrogen and oxygen atoms in total. The highest BCUT2D eigenvalue weighted by Gasteiger charge is 2.21. The largest absolute Gasteiger partial charge is 0.481 e. The summed E-state index contributed by atoms with van der Waals surface area (Å²) in [5, 5.41) is 9.66. The molecule has 0 aliphatic carbocycles. The zero-order valence-corrected chi connectivity index (χ0v) is 11.0. The molecule has 17 heavy (non-hydrogen) atoms. The van der Waals surface area contributed by atoms with E-state index in [1.807, 2.05) is 13.8 Å². The van der Waals surface area contributed by atoms with Crippen LogP contribution in [0.3, 0.4) is 0 Å². The number of aryl methyl sites for hydroxylation is 1. The molecule has 0 spiro atoms. The van der Waals surface area contributed by atoms with Gasteiger partial charge in [-0.1, -0.05) is 6.92 Å². The smallest absolute Gasteiger partial charge is 0.308 e. The first-order chi connectivity index (χ1) is 7.95. The van der Waals surface area contributed by atoms with E-state index in [0.29, 0.717) is 11.4 Å². The van der Waals surface area contributed by atoms with Crippen molar-refractivity contribution in [3.63, 3.8) is 0 Å². The molecule has 1 heterocycles. The topological polar surface area (TPSA) is 70.5 Å². The maximum atomic E-state index is 12.1. The fourth-order valence-electron chi connectivity index (χ4n) is 1.38. The summed E-state index contributed by atoms with van der Waals surface area (Å²) in [4.78, 5) is 28.9. The van der Waals surface area contributed by atoms with Crippen LogP contribution in [0.15, 0.2) is 6.20 Å². The van der Waals surface area contributed by atoms with E-state index in [9.17, 15) is 9.59 Å². The van der Waals surface area contributed by atoms with E-state index in [1.54, 1.807) is 6.92 Å². The molecule has 1 amide bonds. The van der Waals surface area contributed by atoms with E-state index in [2.05, 4.69) is 4.98 Å².